The predicted molar refractivity (Wildman–Crippen MR) is 52.6 cm³/mol. The predicted octanol–water partition coefficient (Wildman–Crippen LogP) is 1.09. The van der Waals surface area contributed by atoms with Gasteiger partial charge in [0.15, 0.2) is 0 Å². The summed E-state index contributed by atoms with van der Waals surface area (Å²) < 4.78 is 0. The van der Waals surface area contributed by atoms with E-state index in [-0.39, 0.29) is 0 Å². The molecule has 0 spiro atoms. The van der Waals surface area contributed by atoms with Gasteiger partial charge in [0.25, 0.3) is 0 Å². The second kappa shape index (κ2) is 8.77. The molecule has 0 radical (unpaired) electrons. The molecule has 0 bridgehead atoms. The summed E-state index contributed by atoms with van der Waals surface area (Å²) in [6.07, 6.45) is 3.96. The molecule has 0 aromatic carbocycles. The van der Waals surface area contributed by atoms with Gasteiger partial charge in [0, 0.05) is 19.4 Å². The number of hydrogen-bond donors (Lipinski definition) is 1. The average Bonchev–Trinajstić information content (AvgIpc) is 2.11. The first-order valence-corrected chi connectivity index (χ1v) is 4.24. The van der Waals surface area contributed by atoms with Gasteiger partial charge in [0.05, 0.1) is 5.71 Å². The standard InChI is InChI=1S/C9H16N2O2/c1-3-5-9(2)11-13-7-4-6-10-8-12/h3,8H,1,4-7H2,2H3,(H,10,12)/b11-9-. The minimum Gasteiger partial charge on any atom is -0.396 e. The number of rotatable bonds is 8. The second-order valence-corrected chi connectivity index (χ2v) is 2.58. The van der Waals surface area contributed by atoms with Crippen LogP contribution in [0.5, 0.6) is 0 Å². The van der Waals surface area contributed by atoms with Gasteiger partial charge in [-0.05, 0) is 6.92 Å². The molecule has 0 heterocycles. The summed E-state index contributed by atoms with van der Waals surface area (Å²) in [5, 5.41) is 6.38. The first kappa shape index (κ1) is 11.7. The van der Waals surface area contributed by atoms with Crippen LogP contribution >= 0.6 is 0 Å². The third-order valence-electron chi connectivity index (χ3n) is 1.30. The summed E-state index contributed by atoms with van der Waals surface area (Å²) in [7, 11) is 0. The van der Waals surface area contributed by atoms with Crippen molar-refractivity contribution in [2.24, 2.45) is 5.16 Å². The van der Waals surface area contributed by atoms with Crippen LogP contribution in [-0.2, 0) is 9.63 Å². The summed E-state index contributed by atoms with van der Waals surface area (Å²) in [6.45, 7) is 6.61. The lowest BCUT2D eigenvalue weighted by Gasteiger charge is -1.99. The first-order chi connectivity index (χ1) is 6.31. The summed E-state index contributed by atoms with van der Waals surface area (Å²) in [5.41, 5.74) is 0.901. The van der Waals surface area contributed by atoms with Crippen molar-refractivity contribution in [2.45, 2.75) is 19.8 Å². The zero-order chi connectivity index (χ0) is 9.94. The van der Waals surface area contributed by atoms with E-state index < -0.39 is 0 Å². The van der Waals surface area contributed by atoms with Crippen molar-refractivity contribution >= 4 is 12.1 Å². The molecule has 1 N–H and O–H groups in total. The fourth-order valence-electron chi connectivity index (χ4n) is 0.700. The van der Waals surface area contributed by atoms with Crippen molar-refractivity contribution in [2.75, 3.05) is 13.2 Å². The number of carbonyl (C=O) groups excluding carboxylic acids is 1. The Hall–Kier alpha value is -1.32. The van der Waals surface area contributed by atoms with Crippen molar-refractivity contribution in [1.82, 2.24) is 5.32 Å². The van der Waals surface area contributed by atoms with Crippen LogP contribution in [0.15, 0.2) is 17.8 Å². The minimum absolute atomic E-state index is 0.523. The molecule has 13 heavy (non-hydrogen) atoms. The van der Waals surface area contributed by atoms with E-state index in [0.717, 1.165) is 18.6 Å². The fourth-order valence-corrected chi connectivity index (χ4v) is 0.700. The molecular formula is C9H16N2O2. The van der Waals surface area contributed by atoms with Crippen LogP contribution in [0.25, 0.3) is 0 Å². The molecule has 0 unspecified atom stereocenters. The highest BCUT2D eigenvalue weighted by Crippen LogP contribution is 1.89. The average molecular weight is 184 g/mol. The van der Waals surface area contributed by atoms with Gasteiger partial charge in [-0.3, -0.25) is 4.79 Å². The molecule has 1 amide bonds. The van der Waals surface area contributed by atoms with Crippen molar-refractivity contribution < 1.29 is 9.63 Å². The van der Waals surface area contributed by atoms with Gasteiger partial charge in [-0.25, -0.2) is 0 Å². The molecule has 4 nitrogen and oxygen atoms in total. The van der Waals surface area contributed by atoms with Crippen molar-refractivity contribution in [3.05, 3.63) is 12.7 Å². The van der Waals surface area contributed by atoms with Crippen molar-refractivity contribution in [3.8, 4) is 0 Å². The lowest BCUT2D eigenvalue weighted by molar-refractivity contribution is -0.109. The molecule has 0 saturated heterocycles. The van der Waals surface area contributed by atoms with Crippen LogP contribution in [0.2, 0.25) is 0 Å². The summed E-state index contributed by atoms with van der Waals surface area (Å²) in [5.74, 6) is 0. The van der Waals surface area contributed by atoms with Gasteiger partial charge in [-0.15, -0.1) is 6.58 Å². The van der Waals surface area contributed by atoms with E-state index >= 15 is 0 Å². The molecule has 0 aliphatic carbocycles. The Kier molecular flexibility index (Phi) is 7.88. The van der Waals surface area contributed by atoms with Crippen molar-refractivity contribution in [1.29, 1.82) is 0 Å². The monoisotopic (exact) mass is 184 g/mol. The highest BCUT2D eigenvalue weighted by atomic mass is 16.6. The lowest BCUT2D eigenvalue weighted by atomic mass is 10.3. The Morgan fingerprint density at radius 3 is 3.08 bits per heavy atom. The minimum atomic E-state index is 0.523. The zero-order valence-corrected chi connectivity index (χ0v) is 7.95. The van der Waals surface area contributed by atoms with E-state index in [0.29, 0.717) is 19.6 Å². The SMILES string of the molecule is C=CC/C(C)=N\OCCCNC=O. The number of nitrogens with one attached hydrogen (secondary N) is 1. The molecule has 0 aliphatic heterocycles. The van der Waals surface area contributed by atoms with E-state index in [2.05, 4.69) is 17.1 Å². The van der Waals surface area contributed by atoms with Crippen LogP contribution < -0.4 is 5.32 Å². The van der Waals surface area contributed by atoms with E-state index in [4.69, 9.17) is 4.84 Å². The molecule has 0 aliphatic rings. The van der Waals surface area contributed by atoms with Gasteiger partial charge in [0.2, 0.25) is 6.41 Å². The van der Waals surface area contributed by atoms with E-state index in [9.17, 15) is 4.79 Å². The maximum Gasteiger partial charge on any atom is 0.207 e. The molecule has 0 saturated carbocycles. The zero-order valence-electron chi connectivity index (χ0n) is 7.95. The Morgan fingerprint density at radius 1 is 1.69 bits per heavy atom. The number of carbonyl (C=O) groups is 1. The second-order valence-electron chi connectivity index (χ2n) is 2.58. The largest absolute Gasteiger partial charge is 0.396 e. The third-order valence-corrected chi connectivity index (χ3v) is 1.30. The molecule has 0 aromatic rings. The van der Waals surface area contributed by atoms with Crippen LogP contribution in [0.1, 0.15) is 19.8 Å². The molecule has 0 aromatic heterocycles. The molecule has 4 heteroatoms. The van der Waals surface area contributed by atoms with Crippen LogP contribution in [0, 0.1) is 0 Å². The number of hydrogen-bond acceptors (Lipinski definition) is 3. The van der Waals surface area contributed by atoms with Crippen molar-refractivity contribution in [3.63, 3.8) is 0 Å². The molecule has 0 rings (SSSR count). The summed E-state index contributed by atoms with van der Waals surface area (Å²) in [6, 6.07) is 0. The van der Waals surface area contributed by atoms with Gasteiger partial charge >= 0.3 is 0 Å². The van der Waals surface area contributed by atoms with Gasteiger partial charge in [0.1, 0.15) is 6.61 Å². The van der Waals surface area contributed by atoms with Crippen LogP contribution in [0.4, 0.5) is 0 Å². The topological polar surface area (TPSA) is 50.7 Å². The van der Waals surface area contributed by atoms with E-state index in [1.54, 1.807) is 6.08 Å². The smallest absolute Gasteiger partial charge is 0.207 e. The van der Waals surface area contributed by atoms with Gasteiger partial charge in [-0.2, -0.15) is 0 Å². The summed E-state index contributed by atoms with van der Waals surface area (Å²) >= 11 is 0. The Balaban J connectivity index is 3.27. The summed E-state index contributed by atoms with van der Waals surface area (Å²) in [4.78, 5) is 14.8. The Bertz CT molecular complexity index is 178. The highest BCUT2D eigenvalue weighted by Gasteiger charge is 1.88. The Morgan fingerprint density at radius 2 is 2.46 bits per heavy atom. The quantitative estimate of drug-likeness (QED) is 0.202. The maximum absolute atomic E-state index is 9.84. The van der Waals surface area contributed by atoms with E-state index in [1.165, 1.54) is 0 Å². The number of nitrogens with zero attached hydrogens (tertiary/aromatic N) is 1. The maximum atomic E-state index is 9.84. The van der Waals surface area contributed by atoms with Crippen LogP contribution in [0.3, 0.4) is 0 Å². The number of allylic oxidation sites excluding steroid dienone is 1. The molecule has 74 valence electrons. The Labute approximate surface area is 78.6 Å². The number of oxime groups is 1. The van der Waals surface area contributed by atoms with Gasteiger partial charge < -0.3 is 10.2 Å². The molecular weight excluding hydrogens is 168 g/mol. The van der Waals surface area contributed by atoms with Crippen LogP contribution in [-0.4, -0.2) is 25.3 Å². The highest BCUT2D eigenvalue weighted by molar-refractivity contribution is 5.82. The van der Waals surface area contributed by atoms with E-state index in [1.807, 2.05) is 6.92 Å². The number of amides is 1. The molecule has 0 atom stereocenters. The normalized spacial score (nSPS) is 10.7. The molecule has 0 fully saturated rings. The fraction of sp³-hybridized carbons (Fsp3) is 0.556. The first-order valence-electron chi connectivity index (χ1n) is 4.24. The van der Waals surface area contributed by atoms with Gasteiger partial charge in [-0.1, -0.05) is 11.2 Å². The lowest BCUT2D eigenvalue weighted by Crippen LogP contribution is -2.13. The third kappa shape index (κ3) is 8.59.